The molecule has 2 atom stereocenters. The maximum atomic E-state index is 12.7. The number of benzene rings is 1. The zero-order valence-electron chi connectivity index (χ0n) is 19.2. The minimum Gasteiger partial charge on any atom is -0.497 e. The van der Waals surface area contributed by atoms with E-state index in [1.807, 2.05) is 24.3 Å². The lowest BCUT2D eigenvalue weighted by Crippen LogP contribution is -2.39. The molecule has 1 fully saturated rings. The van der Waals surface area contributed by atoms with Gasteiger partial charge in [-0.15, -0.1) is 0 Å². The van der Waals surface area contributed by atoms with E-state index in [1.54, 1.807) is 14.0 Å². The van der Waals surface area contributed by atoms with E-state index in [9.17, 15) is 4.79 Å². The lowest BCUT2D eigenvalue weighted by molar-refractivity contribution is -0.161. The number of hydrogen-bond acceptors (Lipinski definition) is 10. The molecule has 0 spiro atoms. The first-order valence-electron chi connectivity index (χ1n) is 10.8. The Morgan fingerprint density at radius 3 is 2.74 bits per heavy atom. The Hall–Kier alpha value is -3.41. The summed E-state index contributed by atoms with van der Waals surface area (Å²) in [6.07, 6.45) is 0.688. The predicted molar refractivity (Wildman–Crippen MR) is 123 cm³/mol. The average molecular weight is 472 g/mol. The number of aliphatic hydroxyl groups excluding tert-OH is 1. The minimum absolute atomic E-state index is 0.0995. The zero-order chi connectivity index (χ0) is 24.3. The SMILES string of the molecule is COc1cccc(CNC(=O)c2cc(/C(CC=N)=N/OC[C@@H]3CO[C@@H](CO)CO3)nc(C)n2)c1. The maximum Gasteiger partial charge on any atom is 0.270 e. The Balaban J connectivity index is 1.65. The molecule has 34 heavy (non-hydrogen) atoms. The molecule has 1 aromatic heterocycles. The van der Waals surface area contributed by atoms with E-state index in [4.69, 9.17) is 29.6 Å². The van der Waals surface area contributed by atoms with Gasteiger partial charge in [0, 0.05) is 19.2 Å². The van der Waals surface area contributed by atoms with Crippen molar-refractivity contribution in [3.05, 3.63) is 53.1 Å². The molecule has 1 aliphatic rings. The van der Waals surface area contributed by atoms with Gasteiger partial charge < -0.3 is 34.9 Å². The van der Waals surface area contributed by atoms with E-state index >= 15 is 0 Å². The first-order chi connectivity index (χ1) is 16.5. The van der Waals surface area contributed by atoms with Crippen LogP contribution in [0, 0.1) is 12.3 Å². The van der Waals surface area contributed by atoms with E-state index in [0.717, 1.165) is 5.56 Å². The highest BCUT2D eigenvalue weighted by molar-refractivity contribution is 6.06. The largest absolute Gasteiger partial charge is 0.497 e. The fourth-order valence-corrected chi connectivity index (χ4v) is 3.16. The summed E-state index contributed by atoms with van der Waals surface area (Å²) in [6.45, 7) is 2.58. The van der Waals surface area contributed by atoms with Crippen LogP contribution in [0.3, 0.4) is 0 Å². The lowest BCUT2D eigenvalue weighted by Gasteiger charge is -2.27. The summed E-state index contributed by atoms with van der Waals surface area (Å²) in [5.74, 6) is 0.731. The molecule has 0 saturated carbocycles. The highest BCUT2D eigenvalue weighted by atomic mass is 16.7. The Morgan fingerprint density at radius 1 is 1.26 bits per heavy atom. The Bertz CT molecular complexity index is 1010. The summed E-state index contributed by atoms with van der Waals surface area (Å²) in [4.78, 5) is 26.7. The summed E-state index contributed by atoms with van der Waals surface area (Å²) < 4.78 is 16.2. The van der Waals surface area contributed by atoms with Crippen LogP contribution < -0.4 is 10.1 Å². The quantitative estimate of drug-likeness (QED) is 0.328. The molecule has 3 rings (SSSR count). The smallest absolute Gasteiger partial charge is 0.270 e. The van der Waals surface area contributed by atoms with Crippen molar-refractivity contribution in [2.24, 2.45) is 5.16 Å². The van der Waals surface area contributed by atoms with Crippen LogP contribution in [-0.2, 0) is 20.9 Å². The number of hydrogen-bond donors (Lipinski definition) is 3. The molecule has 11 heteroatoms. The first kappa shape index (κ1) is 25.2. The van der Waals surface area contributed by atoms with Crippen LogP contribution in [0.25, 0.3) is 0 Å². The van der Waals surface area contributed by atoms with Crippen molar-refractivity contribution in [2.75, 3.05) is 33.5 Å². The highest BCUT2D eigenvalue weighted by Gasteiger charge is 2.22. The number of nitrogens with zero attached hydrogens (tertiary/aromatic N) is 3. The number of aryl methyl sites for hydroxylation is 1. The number of carbonyl (C=O) groups excluding carboxylic acids is 1. The van der Waals surface area contributed by atoms with Crippen LogP contribution >= 0.6 is 0 Å². The van der Waals surface area contributed by atoms with Crippen LogP contribution in [0.1, 0.15) is 34.0 Å². The minimum atomic E-state index is -0.365. The number of ether oxygens (including phenoxy) is 3. The van der Waals surface area contributed by atoms with Crippen LogP contribution in [0.2, 0.25) is 0 Å². The molecular formula is C23H29N5O6. The van der Waals surface area contributed by atoms with E-state index in [0.29, 0.717) is 29.5 Å². The van der Waals surface area contributed by atoms with Gasteiger partial charge in [-0.1, -0.05) is 17.3 Å². The number of rotatable bonds is 11. The first-order valence-corrected chi connectivity index (χ1v) is 10.8. The van der Waals surface area contributed by atoms with E-state index < -0.39 is 0 Å². The van der Waals surface area contributed by atoms with Crippen LogP contribution in [0.15, 0.2) is 35.5 Å². The van der Waals surface area contributed by atoms with Gasteiger partial charge in [0.25, 0.3) is 5.91 Å². The van der Waals surface area contributed by atoms with E-state index in [2.05, 4.69) is 20.4 Å². The molecule has 182 valence electrons. The molecule has 0 unspecified atom stereocenters. The van der Waals surface area contributed by atoms with Crippen molar-refractivity contribution in [3.8, 4) is 5.75 Å². The highest BCUT2D eigenvalue weighted by Crippen LogP contribution is 2.13. The monoisotopic (exact) mass is 471 g/mol. The Morgan fingerprint density at radius 2 is 2.03 bits per heavy atom. The predicted octanol–water partition coefficient (Wildman–Crippen LogP) is 1.26. The second kappa shape index (κ2) is 12.7. The molecule has 11 nitrogen and oxygen atoms in total. The van der Waals surface area contributed by atoms with Gasteiger partial charge in [-0.2, -0.15) is 0 Å². The normalized spacial score (nSPS) is 18.3. The average Bonchev–Trinajstić information content (AvgIpc) is 2.87. The fraction of sp³-hybridized carbons (Fsp3) is 0.435. The van der Waals surface area contributed by atoms with Crippen molar-refractivity contribution in [1.82, 2.24) is 15.3 Å². The summed E-state index contributed by atoms with van der Waals surface area (Å²) in [7, 11) is 1.59. The molecule has 3 N–H and O–H groups in total. The molecule has 1 aliphatic heterocycles. The topological polar surface area (TPSA) is 148 Å². The van der Waals surface area contributed by atoms with Gasteiger partial charge in [-0.3, -0.25) is 4.79 Å². The Labute approximate surface area is 197 Å². The second-order valence-electron chi connectivity index (χ2n) is 7.56. The molecule has 0 radical (unpaired) electrons. The van der Waals surface area contributed by atoms with Crippen molar-refractivity contribution >= 4 is 17.8 Å². The zero-order valence-corrected chi connectivity index (χ0v) is 19.2. The molecule has 2 aromatic rings. The van der Waals surface area contributed by atoms with Gasteiger partial charge in [-0.25, -0.2) is 9.97 Å². The third-order valence-electron chi connectivity index (χ3n) is 4.92. The number of carbonyl (C=O) groups is 1. The molecule has 0 bridgehead atoms. The third kappa shape index (κ3) is 7.30. The molecule has 1 saturated heterocycles. The number of nitrogens with one attached hydrogen (secondary N) is 2. The summed E-state index contributed by atoms with van der Waals surface area (Å²) in [5, 5.41) is 23.5. The number of amides is 1. The molecule has 0 aliphatic carbocycles. The fourth-order valence-electron chi connectivity index (χ4n) is 3.16. The molecule has 1 amide bonds. The van der Waals surface area contributed by atoms with Crippen molar-refractivity contribution in [2.45, 2.75) is 32.1 Å². The van der Waals surface area contributed by atoms with Crippen molar-refractivity contribution in [3.63, 3.8) is 0 Å². The Kier molecular flexibility index (Phi) is 9.44. The maximum absolute atomic E-state index is 12.7. The summed E-state index contributed by atoms with van der Waals surface area (Å²) in [5.41, 5.74) is 1.84. The number of oxime groups is 1. The summed E-state index contributed by atoms with van der Waals surface area (Å²) >= 11 is 0. The van der Waals surface area contributed by atoms with Crippen LogP contribution in [0.5, 0.6) is 5.75 Å². The van der Waals surface area contributed by atoms with Gasteiger partial charge in [0.2, 0.25) is 0 Å². The summed E-state index contributed by atoms with van der Waals surface area (Å²) in [6, 6.07) is 8.93. The van der Waals surface area contributed by atoms with Crippen molar-refractivity contribution in [1.29, 1.82) is 5.41 Å². The third-order valence-corrected chi connectivity index (χ3v) is 4.92. The van der Waals surface area contributed by atoms with Gasteiger partial charge in [0.15, 0.2) is 0 Å². The van der Waals surface area contributed by atoms with E-state index in [-0.39, 0.29) is 56.7 Å². The molecular weight excluding hydrogens is 442 g/mol. The van der Waals surface area contributed by atoms with Gasteiger partial charge in [0.1, 0.15) is 41.8 Å². The van der Waals surface area contributed by atoms with Gasteiger partial charge in [-0.05, 0) is 30.7 Å². The van der Waals surface area contributed by atoms with Gasteiger partial charge >= 0.3 is 0 Å². The standard InChI is InChI=1S/C23H29N5O6/c1-15-26-21(20(6-7-24)28-34-14-19-13-32-18(11-29)12-33-19)9-22(27-15)23(30)25-10-16-4-3-5-17(8-16)31-2/h3-5,7-9,18-19,24,29H,6,10-14H2,1-2H3,(H,25,30)/b24-7?,28-20+/t18-,19-/m0/s1. The van der Waals surface area contributed by atoms with E-state index in [1.165, 1.54) is 12.3 Å². The lowest BCUT2D eigenvalue weighted by atomic mass is 10.1. The van der Waals surface area contributed by atoms with Crippen LogP contribution in [-0.4, -0.2) is 78.7 Å². The number of aromatic nitrogens is 2. The second-order valence-corrected chi connectivity index (χ2v) is 7.56. The molecule has 1 aromatic carbocycles. The van der Waals surface area contributed by atoms with Gasteiger partial charge in [0.05, 0.1) is 32.6 Å². The number of methoxy groups -OCH3 is 1. The van der Waals surface area contributed by atoms with Crippen molar-refractivity contribution < 1.29 is 28.9 Å². The molecule has 2 heterocycles. The number of aliphatic hydroxyl groups is 1. The van der Waals surface area contributed by atoms with Crippen LogP contribution in [0.4, 0.5) is 0 Å².